The van der Waals surface area contributed by atoms with Crippen LogP contribution in [-0.2, 0) is 7.05 Å². The molecule has 124 valence electrons. The number of hydrogen-bond acceptors (Lipinski definition) is 4. The van der Waals surface area contributed by atoms with E-state index in [4.69, 9.17) is 0 Å². The summed E-state index contributed by atoms with van der Waals surface area (Å²) >= 11 is 1.65. The van der Waals surface area contributed by atoms with Crippen molar-refractivity contribution in [2.75, 3.05) is 0 Å². The summed E-state index contributed by atoms with van der Waals surface area (Å²) < 4.78 is 2.06. The van der Waals surface area contributed by atoms with Gasteiger partial charge in [-0.25, -0.2) is 9.97 Å². The van der Waals surface area contributed by atoms with E-state index in [9.17, 15) is 5.11 Å². The lowest BCUT2D eigenvalue weighted by atomic mass is 10.1. The van der Waals surface area contributed by atoms with Gasteiger partial charge in [0.1, 0.15) is 22.7 Å². The molecule has 0 spiro atoms. The van der Waals surface area contributed by atoms with Crippen molar-refractivity contribution in [3.63, 3.8) is 0 Å². The lowest BCUT2D eigenvalue weighted by molar-refractivity contribution is 0.475. The van der Waals surface area contributed by atoms with E-state index in [0.29, 0.717) is 0 Å². The molecule has 0 bridgehead atoms. The molecule has 4 aromatic rings. The van der Waals surface area contributed by atoms with E-state index in [1.807, 2.05) is 19.2 Å². The average Bonchev–Trinajstić information content (AvgIpc) is 2.94. The van der Waals surface area contributed by atoms with Gasteiger partial charge in [-0.05, 0) is 55.0 Å². The Morgan fingerprint density at radius 2 is 1.80 bits per heavy atom. The maximum atomic E-state index is 9.51. The fourth-order valence-corrected chi connectivity index (χ4v) is 3.87. The summed E-state index contributed by atoms with van der Waals surface area (Å²) in [5.41, 5.74) is 4.20. The first-order valence-corrected chi connectivity index (χ1v) is 8.78. The minimum Gasteiger partial charge on any atom is -0.508 e. The largest absolute Gasteiger partial charge is 0.508 e. The molecule has 0 unspecified atom stereocenters. The Morgan fingerprint density at radius 1 is 1.00 bits per heavy atom. The van der Waals surface area contributed by atoms with E-state index < -0.39 is 0 Å². The van der Waals surface area contributed by atoms with Crippen LogP contribution in [0.25, 0.3) is 22.3 Å². The van der Waals surface area contributed by atoms with Crippen LogP contribution in [0.3, 0.4) is 0 Å². The summed E-state index contributed by atoms with van der Waals surface area (Å²) in [6.45, 7) is 2.09. The molecule has 5 heteroatoms. The van der Waals surface area contributed by atoms with E-state index in [1.165, 1.54) is 5.56 Å². The van der Waals surface area contributed by atoms with Crippen molar-refractivity contribution in [1.82, 2.24) is 14.5 Å². The Labute approximate surface area is 150 Å². The molecular weight excluding hydrogens is 330 g/mol. The highest BCUT2D eigenvalue weighted by molar-refractivity contribution is 7.99. The van der Waals surface area contributed by atoms with Crippen molar-refractivity contribution in [1.29, 1.82) is 0 Å². The Morgan fingerprint density at radius 3 is 2.56 bits per heavy atom. The van der Waals surface area contributed by atoms with Gasteiger partial charge in [0.25, 0.3) is 0 Å². The molecule has 0 aliphatic carbocycles. The summed E-state index contributed by atoms with van der Waals surface area (Å²) in [7, 11) is 2.00. The Kier molecular flexibility index (Phi) is 3.93. The molecule has 0 amide bonds. The standard InChI is InChI=1S/C20H17N3OS/c1-13-4-3-5-16(10-13)25-20-17-11-18(14-6-8-15(24)9-7-14)23(2)19(17)21-12-22-20/h3-12,24H,1-2H3. The number of hydrogen-bond donors (Lipinski definition) is 1. The second-order valence-corrected chi connectivity index (χ2v) is 7.03. The summed E-state index contributed by atoms with van der Waals surface area (Å²) in [4.78, 5) is 10.1. The number of nitrogens with zero attached hydrogens (tertiary/aromatic N) is 3. The van der Waals surface area contributed by atoms with E-state index in [1.54, 1.807) is 30.2 Å². The SMILES string of the molecule is Cc1cccc(Sc2ncnc3c2cc(-c2ccc(O)cc2)n3C)c1. The predicted octanol–water partition coefficient (Wildman–Crippen LogP) is 4.80. The number of rotatable bonds is 3. The second kappa shape index (κ2) is 6.26. The quantitative estimate of drug-likeness (QED) is 0.541. The first-order chi connectivity index (χ1) is 12.1. The molecule has 0 radical (unpaired) electrons. The molecule has 25 heavy (non-hydrogen) atoms. The van der Waals surface area contributed by atoms with Gasteiger partial charge in [-0.2, -0.15) is 0 Å². The van der Waals surface area contributed by atoms with Gasteiger partial charge in [-0.15, -0.1) is 0 Å². The van der Waals surface area contributed by atoms with Gasteiger partial charge in [0.2, 0.25) is 0 Å². The van der Waals surface area contributed by atoms with E-state index >= 15 is 0 Å². The maximum absolute atomic E-state index is 9.51. The number of aromatic hydroxyl groups is 1. The van der Waals surface area contributed by atoms with E-state index in [-0.39, 0.29) is 5.75 Å². The van der Waals surface area contributed by atoms with Crippen molar-refractivity contribution in [3.05, 3.63) is 66.5 Å². The van der Waals surface area contributed by atoms with Crippen molar-refractivity contribution in [3.8, 4) is 17.0 Å². The van der Waals surface area contributed by atoms with Crippen LogP contribution >= 0.6 is 11.8 Å². The van der Waals surface area contributed by atoms with Crippen LogP contribution < -0.4 is 0 Å². The van der Waals surface area contributed by atoms with E-state index in [0.717, 1.165) is 32.2 Å². The van der Waals surface area contributed by atoms with Crippen molar-refractivity contribution in [2.24, 2.45) is 7.05 Å². The highest BCUT2D eigenvalue weighted by Gasteiger charge is 2.14. The molecule has 2 heterocycles. The normalized spacial score (nSPS) is 11.1. The fraction of sp³-hybridized carbons (Fsp3) is 0.100. The second-order valence-electron chi connectivity index (χ2n) is 5.97. The summed E-state index contributed by atoms with van der Waals surface area (Å²) in [5.74, 6) is 0.262. The third-order valence-corrected chi connectivity index (χ3v) is 5.16. The predicted molar refractivity (Wildman–Crippen MR) is 101 cm³/mol. The summed E-state index contributed by atoms with van der Waals surface area (Å²) in [6.07, 6.45) is 1.61. The molecule has 4 nitrogen and oxygen atoms in total. The zero-order valence-corrected chi connectivity index (χ0v) is 14.8. The molecule has 2 aromatic heterocycles. The number of phenols is 1. The topological polar surface area (TPSA) is 50.9 Å². The Bertz CT molecular complexity index is 1050. The summed E-state index contributed by atoms with van der Waals surface area (Å²) in [6, 6.07) is 17.7. The van der Waals surface area contributed by atoms with Gasteiger partial charge in [0, 0.05) is 11.9 Å². The van der Waals surface area contributed by atoms with Crippen molar-refractivity contribution >= 4 is 22.8 Å². The van der Waals surface area contributed by atoms with Gasteiger partial charge in [-0.1, -0.05) is 29.5 Å². The molecule has 0 aliphatic heterocycles. The third kappa shape index (κ3) is 2.98. The fourth-order valence-electron chi connectivity index (χ4n) is 2.89. The number of phenolic OH excluding ortho intramolecular Hbond substituents is 1. The monoisotopic (exact) mass is 347 g/mol. The highest BCUT2D eigenvalue weighted by atomic mass is 32.2. The van der Waals surface area contributed by atoms with Gasteiger partial charge in [0.05, 0.1) is 11.1 Å². The van der Waals surface area contributed by atoms with Gasteiger partial charge < -0.3 is 9.67 Å². The van der Waals surface area contributed by atoms with Gasteiger partial charge in [0.15, 0.2) is 0 Å². The van der Waals surface area contributed by atoms with Crippen LogP contribution in [0.2, 0.25) is 0 Å². The van der Waals surface area contributed by atoms with Crippen LogP contribution in [0.4, 0.5) is 0 Å². The zero-order valence-electron chi connectivity index (χ0n) is 14.0. The molecule has 0 atom stereocenters. The number of aryl methyl sites for hydroxylation is 2. The van der Waals surface area contributed by atoms with Crippen LogP contribution in [0.15, 0.2) is 70.8 Å². The Hall–Kier alpha value is -2.79. The van der Waals surface area contributed by atoms with Crippen molar-refractivity contribution in [2.45, 2.75) is 16.8 Å². The van der Waals surface area contributed by atoms with E-state index in [2.05, 4.69) is 51.8 Å². The smallest absolute Gasteiger partial charge is 0.144 e. The summed E-state index contributed by atoms with van der Waals surface area (Å²) in [5, 5.41) is 11.5. The first kappa shape index (κ1) is 15.7. The molecule has 1 N–H and O–H groups in total. The average molecular weight is 347 g/mol. The lowest BCUT2D eigenvalue weighted by Gasteiger charge is -2.04. The molecule has 0 saturated carbocycles. The molecule has 0 aliphatic rings. The molecule has 0 fully saturated rings. The molecular formula is C20H17N3OS. The van der Waals surface area contributed by atoms with Crippen LogP contribution in [0.5, 0.6) is 5.75 Å². The lowest BCUT2D eigenvalue weighted by Crippen LogP contribution is -1.93. The Balaban J connectivity index is 1.82. The number of benzene rings is 2. The minimum absolute atomic E-state index is 0.262. The highest BCUT2D eigenvalue weighted by Crippen LogP contribution is 2.35. The molecule has 2 aromatic carbocycles. The minimum atomic E-state index is 0.262. The maximum Gasteiger partial charge on any atom is 0.144 e. The van der Waals surface area contributed by atoms with Crippen LogP contribution in [0, 0.1) is 6.92 Å². The molecule has 0 saturated heterocycles. The van der Waals surface area contributed by atoms with Gasteiger partial charge >= 0.3 is 0 Å². The number of aromatic nitrogens is 3. The number of fused-ring (bicyclic) bond motifs is 1. The third-order valence-electron chi connectivity index (χ3n) is 4.15. The zero-order chi connectivity index (χ0) is 17.4. The van der Waals surface area contributed by atoms with Gasteiger partial charge in [-0.3, -0.25) is 0 Å². The van der Waals surface area contributed by atoms with Crippen molar-refractivity contribution < 1.29 is 5.11 Å². The van der Waals surface area contributed by atoms with Crippen LogP contribution in [0.1, 0.15) is 5.56 Å². The van der Waals surface area contributed by atoms with Crippen LogP contribution in [-0.4, -0.2) is 19.6 Å². The first-order valence-electron chi connectivity index (χ1n) is 7.96. The molecule has 4 rings (SSSR count).